The van der Waals surface area contributed by atoms with E-state index in [1.165, 1.54) is 24.3 Å². The Morgan fingerprint density at radius 2 is 1.87 bits per heavy atom. The molecule has 1 rings (SSSR count). The predicted molar refractivity (Wildman–Crippen MR) is 48.2 cm³/mol. The average Bonchev–Trinajstić information content (AvgIpc) is 2.18. The first-order chi connectivity index (χ1) is 7.02. The Morgan fingerprint density at radius 3 is 2.40 bits per heavy atom. The summed E-state index contributed by atoms with van der Waals surface area (Å²) in [7, 11) is 0. The molecule has 0 radical (unpaired) electrons. The predicted octanol–water partition coefficient (Wildman–Crippen LogP) is 3.01. The molecule has 0 bridgehead atoms. The van der Waals surface area contributed by atoms with Crippen LogP contribution in [0, 0.1) is 0 Å². The van der Waals surface area contributed by atoms with E-state index in [0.717, 1.165) is 0 Å². The van der Waals surface area contributed by atoms with E-state index in [2.05, 4.69) is 4.74 Å². The van der Waals surface area contributed by atoms with Crippen molar-refractivity contribution in [3.8, 4) is 5.75 Å². The van der Waals surface area contributed by atoms with Crippen molar-refractivity contribution >= 4 is 16.8 Å². The summed E-state index contributed by atoms with van der Waals surface area (Å²) in [6, 6.07) is 5.31. The van der Waals surface area contributed by atoms with Gasteiger partial charge in [-0.3, -0.25) is 4.79 Å². The highest BCUT2D eigenvalue weighted by molar-refractivity contribution is 6.68. The van der Waals surface area contributed by atoms with Gasteiger partial charge in [-0.25, -0.2) is 8.78 Å². The van der Waals surface area contributed by atoms with E-state index in [0.29, 0.717) is 0 Å². The molecule has 0 aliphatic rings. The van der Waals surface area contributed by atoms with Crippen LogP contribution in [0.2, 0.25) is 0 Å². The van der Waals surface area contributed by atoms with Crippen LogP contribution in [0.3, 0.4) is 0 Å². The number of rotatable bonds is 4. The molecule has 0 fully saturated rings. The van der Waals surface area contributed by atoms with Crippen LogP contribution in [-0.4, -0.2) is 18.0 Å². The Hall–Kier alpha value is -1.23. The number of hydrogen-bond acceptors (Lipinski definition) is 2. The number of carbonyl (C=O) groups excluding carboxylic acids is 1. The van der Waals surface area contributed by atoms with Gasteiger partial charge in [0, 0.05) is 0 Å². The number of hydrogen-bond donors (Lipinski definition) is 0. The molecule has 15 heavy (non-hydrogen) atoms. The molecule has 6 heteroatoms. The third kappa shape index (κ3) is 3.13. The summed E-state index contributed by atoms with van der Waals surface area (Å²) in [6.45, 7) is 0. The number of carbonyl (C=O) groups is 1. The summed E-state index contributed by atoms with van der Waals surface area (Å²) in [5.41, 5.74) is -0.150. The fourth-order valence-electron chi connectivity index (χ4n) is 0.905. The van der Waals surface area contributed by atoms with Crippen molar-refractivity contribution in [2.45, 2.75) is 12.8 Å². The van der Waals surface area contributed by atoms with E-state index in [-0.39, 0.29) is 11.3 Å². The second-order valence-corrected chi connectivity index (χ2v) is 2.92. The lowest BCUT2D eigenvalue weighted by Gasteiger charge is -2.12. The van der Waals surface area contributed by atoms with Crippen molar-refractivity contribution in [1.29, 1.82) is 0 Å². The Balaban J connectivity index is 2.89. The fraction of sp³-hybridized carbons (Fsp3) is 0.222. The minimum Gasteiger partial charge on any atom is -0.454 e. The Morgan fingerprint density at radius 1 is 1.27 bits per heavy atom. The normalized spacial score (nSPS) is 12.6. The molecule has 1 unspecified atom stereocenters. The maximum absolute atomic E-state index is 12.5. The summed E-state index contributed by atoms with van der Waals surface area (Å²) in [5.74, 6) is -0.301. The summed E-state index contributed by atoms with van der Waals surface area (Å²) in [6.07, 6.45) is -6.05. The zero-order valence-corrected chi connectivity index (χ0v) is 8.05. The SMILES string of the molecule is O=C(Cl)c1ccccc1OC(F)C(F)F. The lowest BCUT2D eigenvalue weighted by atomic mass is 10.2. The van der Waals surface area contributed by atoms with Crippen LogP contribution in [0.4, 0.5) is 13.2 Å². The molecule has 0 aliphatic heterocycles. The van der Waals surface area contributed by atoms with Gasteiger partial charge in [0.25, 0.3) is 11.6 Å². The molecule has 0 heterocycles. The summed E-state index contributed by atoms with van der Waals surface area (Å²) in [5, 5.41) is -0.896. The maximum Gasteiger partial charge on any atom is 0.304 e. The van der Waals surface area contributed by atoms with Crippen LogP contribution < -0.4 is 4.74 Å². The minimum absolute atomic E-state index is 0.150. The standard InChI is InChI=1S/C9H6ClF3O2/c10-7(14)5-3-1-2-4-6(5)15-9(13)8(11)12/h1-4,8-9H. The first kappa shape index (κ1) is 11.8. The van der Waals surface area contributed by atoms with E-state index >= 15 is 0 Å². The topological polar surface area (TPSA) is 26.3 Å². The minimum atomic E-state index is -3.27. The van der Waals surface area contributed by atoms with Crippen LogP contribution in [0.5, 0.6) is 5.75 Å². The molecule has 1 aromatic carbocycles. The number of halogens is 4. The Bertz CT molecular complexity index is 357. The molecular weight excluding hydrogens is 233 g/mol. The van der Waals surface area contributed by atoms with Crippen molar-refractivity contribution in [2.24, 2.45) is 0 Å². The molecule has 82 valence electrons. The third-order valence-corrected chi connectivity index (χ3v) is 1.74. The van der Waals surface area contributed by atoms with Gasteiger partial charge in [0.15, 0.2) is 0 Å². The quantitative estimate of drug-likeness (QED) is 0.754. The number of para-hydroxylation sites is 1. The van der Waals surface area contributed by atoms with Gasteiger partial charge in [0.1, 0.15) is 5.75 Å². The van der Waals surface area contributed by atoms with Gasteiger partial charge in [0.05, 0.1) is 5.56 Å². The molecule has 0 aliphatic carbocycles. The zero-order valence-electron chi connectivity index (χ0n) is 7.29. The molecule has 1 aromatic rings. The van der Waals surface area contributed by atoms with Crippen LogP contribution in [0.15, 0.2) is 24.3 Å². The van der Waals surface area contributed by atoms with Crippen LogP contribution >= 0.6 is 11.6 Å². The molecule has 0 saturated heterocycles. The molecule has 2 nitrogen and oxygen atoms in total. The summed E-state index contributed by atoms with van der Waals surface area (Å²) >= 11 is 5.14. The molecule has 0 saturated carbocycles. The number of alkyl halides is 3. The van der Waals surface area contributed by atoms with E-state index in [9.17, 15) is 18.0 Å². The Kier molecular flexibility index (Phi) is 3.96. The molecule has 0 amide bonds. The van der Waals surface area contributed by atoms with Crippen LogP contribution in [0.1, 0.15) is 10.4 Å². The van der Waals surface area contributed by atoms with Crippen molar-refractivity contribution in [2.75, 3.05) is 0 Å². The van der Waals surface area contributed by atoms with Crippen molar-refractivity contribution in [3.63, 3.8) is 0 Å². The van der Waals surface area contributed by atoms with Crippen molar-refractivity contribution < 1.29 is 22.7 Å². The summed E-state index contributed by atoms with van der Waals surface area (Å²) in [4.78, 5) is 10.8. The first-order valence-corrected chi connectivity index (χ1v) is 4.28. The van der Waals surface area contributed by atoms with Gasteiger partial charge in [-0.1, -0.05) is 12.1 Å². The van der Waals surface area contributed by atoms with Gasteiger partial charge in [-0.15, -0.1) is 0 Å². The van der Waals surface area contributed by atoms with Gasteiger partial charge in [-0.2, -0.15) is 4.39 Å². The van der Waals surface area contributed by atoms with Gasteiger partial charge < -0.3 is 4.74 Å². The van der Waals surface area contributed by atoms with Gasteiger partial charge in [-0.05, 0) is 23.7 Å². The molecular formula is C9H6ClF3O2. The van der Waals surface area contributed by atoms with E-state index in [1.807, 2.05) is 0 Å². The smallest absolute Gasteiger partial charge is 0.304 e. The first-order valence-electron chi connectivity index (χ1n) is 3.90. The van der Waals surface area contributed by atoms with Gasteiger partial charge >= 0.3 is 6.43 Å². The van der Waals surface area contributed by atoms with E-state index in [4.69, 9.17) is 11.6 Å². The second kappa shape index (κ2) is 5.02. The number of benzene rings is 1. The lowest BCUT2D eigenvalue weighted by Crippen LogP contribution is -2.20. The van der Waals surface area contributed by atoms with Gasteiger partial charge in [0.2, 0.25) is 0 Å². The number of ether oxygens (including phenoxy) is 1. The highest BCUT2D eigenvalue weighted by atomic mass is 35.5. The zero-order chi connectivity index (χ0) is 11.4. The largest absolute Gasteiger partial charge is 0.454 e. The second-order valence-electron chi connectivity index (χ2n) is 2.57. The highest BCUT2D eigenvalue weighted by Gasteiger charge is 2.22. The van der Waals surface area contributed by atoms with Crippen LogP contribution in [0.25, 0.3) is 0 Å². The fourth-order valence-corrected chi connectivity index (χ4v) is 1.06. The van der Waals surface area contributed by atoms with Crippen LogP contribution in [-0.2, 0) is 0 Å². The van der Waals surface area contributed by atoms with E-state index < -0.39 is 18.0 Å². The molecule has 0 N–H and O–H groups in total. The third-order valence-electron chi connectivity index (χ3n) is 1.54. The maximum atomic E-state index is 12.5. The monoisotopic (exact) mass is 238 g/mol. The highest BCUT2D eigenvalue weighted by Crippen LogP contribution is 2.22. The lowest BCUT2D eigenvalue weighted by molar-refractivity contribution is -0.0670. The van der Waals surface area contributed by atoms with Crippen molar-refractivity contribution in [3.05, 3.63) is 29.8 Å². The molecule has 0 spiro atoms. The Labute approximate surface area is 88.6 Å². The van der Waals surface area contributed by atoms with Crippen molar-refractivity contribution in [1.82, 2.24) is 0 Å². The summed E-state index contributed by atoms with van der Waals surface area (Å²) < 4.78 is 40.4. The van der Waals surface area contributed by atoms with E-state index in [1.54, 1.807) is 0 Å². The molecule has 1 atom stereocenters. The molecule has 0 aromatic heterocycles. The average molecular weight is 239 g/mol.